The van der Waals surface area contributed by atoms with Crippen molar-refractivity contribution in [1.82, 2.24) is 14.9 Å². The Hall–Kier alpha value is -3.95. The van der Waals surface area contributed by atoms with Crippen molar-refractivity contribution in [1.29, 1.82) is 5.26 Å². The van der Waals surface area contributed by atoms with Crippen molar-refractivity contribution < 1.29 is 23.8 Å². The van der Waals surface area contributed by atoms with Crippen LogP contribution in [0.4, 0.5) is 16.4 Å². The summed E-state index contributed by atoms with van der Waals surface area (Å²) in [6, 6.07) is 6.23. The second kappa shape index (κ2) is 9.91. The molecule has 0 saturated carbocycles. The molecule has 1 unspecified atom stereocenters. The highest BCUT2D eigenvalue weighted by Crippen LogP contribution is 2.38. The summed E-state index contributed by atoms with van der Waals surface area (Å²) in [5, 5.41) is 12.4. The van der Waals surface area contributed by atoms with Crippen LogP contribution in [0.15, 0.2) is 18.3 Å². The molecule has 2 aromatic rings. The molecule has 12 heteroatoms. The molecule has 1 spiro atoms. The number of nitrogens with two attached hydrogens (primary N) is 1. The largest absolute Gasteiger partial charge is 0.492 e. The Kier molecular flexibility index (Phi) is 6.51. The zero-order valence-electron chi connectivity index (χ0n) is 22.7. The van der Waals surface area contributed by atoms with E-state index in [0.717, 1.165) is 38.0 Å². The minimum absolute atomic E-state index is 0.110. The fraction of sp³-hybridized carbons (Fsp3) is 0.536. The molecular formula is C28H33N7O5. The van der Waals surface area contributed by atoms with Gasteiger partial charge in [0.1, 0.15) is 18.0 Å². The lowest BCUT2D eigenvalue weighted by Gasteiger charge is -2.38. The number of aromatic nitrogens is 2. The van der Waals surface area contributed by atoms with Crippen molar-refractivity contribution in [2.75, 3.05) is 49.6 Å². The van der Waals surface area contributed by atoms with E-state index in [1.54, 1.807) is 0 Å². The zero-order valence-corrected chi connectivity index (χ0v) is 22.7. The van der Waals surface area contributed by atoms with E-state index in [-0.39, 0.29) is 24.2 Å². The molecular weight excluding hydrogens is 514 g/mol. The molecule has 6 rings (SSSR count). The van der Waals surface area contributed by atoms with E-state index in [1.807, 2.05) is 19.9 Å². The van der Waals surface area contributed by atoms with Crippen LogP contribution in [0.1, 0.15) is 43.4 Å². The summed E-state index contributed by atoms with van der Waals surface area (Å²) < 4.78 is 17.1. The monoisotopic (exact) mass is 547 g/mol. The Balaban J connectivity index is 1.06. The fourth-order valence-corrected chi connectivity index (χ4v) is 5.94. The lowest BCUT2D eigenvalue weighted by atomic mass is 9.90. The third kappa shape index (κ3) is 5.26. The van der Waals surface area contributed by atoms with Crippen LogP contribution < -0.4 is 25.4 Å². The van der Waals surface area contributed by atoms with E-state index in [0.29, 0.717) is 49.0 Å². The second-order valence-corrected chi connectivity index (χ2v) is 11.9. The Morgan fingerprint density at radius 3 is 2.83 bits per heavy atom. The van der Waals surface area contributed by atoms with Crippen LogP contribution in [0.25, 0.3) is 0 Å². The third-order valence-electron chi connectivity index (χ3n) is 7.90. The van der Waals surface area contributed by atoms with Gasteiger partial charge in [0.2, 0.25) is 0 Å². The smallest absolute Gasteiger partial charge is 0.416 e. The van der Waals surface area contributed by atoms with Crippen LogP contribution in [0, 0.1) is 17.2 Å². The van der Waals surface area contributed by atoms with Crippen LogP contribution in [-0.4, -0.2) is 77.4 Å². The summed E-state index contributed by atoms with van der Waals surface area (Å²) in [7, 11) is 0. The highest BCUT2D eigenvalue weighted by atomic mass is 16.6. The molecule has 1 aromatic carbocycles. The number of hydrogen-bond donors (Lipinski definition) is 2. The molecule has 1 aromatic heterocycles. The maximum absolute atomic E-state index is 12.8. The van der Waals surface area contributed by atoms with Gasteiger partial charge in [0.15, 0.2) is 18.2 Å². The molecule has 3 aliphatic heterocycles. The summed E-state index contributed by atoms with van der Waals surface area (Å²) in [4.78, 5) is 36.9. The molecule has 3 N–H and O–H groups in total. The predicted octanol–water partition coefficient (Wildman–Crippen LogP) is 2.00. The molecule has 0 bridgehead atoms. The van der Waals surface area contributed by atoms with Gasteiger partial charge in [0, 0.05) is 38.0 Å². The van der Waals surface area contributed by atoms with Crippen molar-refractivity contribution in [2.24, 2.45) is 11.7 Å². The number of nitriles is 1. The highest BCUT2D eigenvalue weighted by molar-refractivity contribution is 5.94. The van der Waals surface area contributed by atoms with Crippen LogP contribution in [0.5, 0.6) is 11.6 Å². The van der Waals surface area contributed by atoms with E-state index in [2.05, 4.69) is 32.3 Å². The van der Waals surface area contributed by atoms with E-state index >= 15 is 0 Å². The molecule has 0 radical (unpaired) electrons. The van der Waals surface area contributed by atoms with Gasteiger partial charge >= 0.3 is 6.09 Å². The number of ether oxygens (including phenoxy) is 3. The molecule has 2 fully saturated rings. The van der Waals surface area contributed by atoms with Crippen LogP contribution in [0.3, 0.4) is 0 Å². The number of carbonyl (C=O) groups excluding carboxylic acids is 2. The number of nitrogens with one attached hydrogen (secondary N) is 1. The van der Waals surface area contributed by atoms with Crippen LogP contribution >= 0.6 is 0 Å². The molecule has 2 saturated heterocycles. The molecule has 2 amide bonds. The number of carbonyl (C=O) groups is 2. The normalized spacial score (nSPS) is 21.8. The Morgan fingerprint density at radius 1 is 1.27 bits per heavy atom. The molecule has 12 nitrogen and oxygen atoms in total. The SMILES string of the molecule is CC(C)(N)COc1cc(C#N)c2c(c1)CC(CN1CCC3(CC1)CN(c1cnc4c(n1)NC(=O)CO4)C(=O)O3)C2. The first-order valence-electron chi connectivity index (χ1n) is 13.6. The van der Waals surface area contributed by atoms with E-state index in [1.165, 1.54) is 16.7 Å². The first-order valence-corrected chi connectivity index (χ1v) is 13.6. The first-order chi connectivity index (χ1) is 19.1. The van der Waals surface area contributed by atoms with Gasteiger partial charge in [0.25, 0.3) is 11.8 Å². The summed E-state index contributed by atoms with van der Waals surface area (Å²) in [5.74, 6) is 1.55. The third-order valence-corrected chi connectivity index (χ3v) is 7.90. The van der Waals surface area contributed by atoms with Gasteiger partial charge in [0.05, 0.1) is 24.4 Å². The van der Waals surface area contributed by atoms with Crippen molar-refractivity contribution in [3.63, 3.8) is 0 Å². The maximum Gasteiger partial charge on any atom is 0.416 e. The lowest BCUT2D eigenvalue weighted by Crippen LogP contribution is -2.48. The lowest BCUT2D eigenvalue weighted by molar-refractivity contribution is -0.118. The van der Waals surface area contributed by atoms with Gasteiger partial charge in [-0.05, 0) is 55.9 Å². The molecule has 1 aliphatic carbocycles. The van der Waals surface area contributed by atoms with Crippen molar-refractivity contribution >= 4 is 23.6 Å². The standard InChI is InChI=1S/C28H33N7O5/c1-27(2,30)16-39-20-9-18-7-17(8-21(18)19(10-20)11-29)13-34-5-3-28(4-6-34)15-35(26(37)40-28)22-12-31-25-24(32-22)33-23(36)14-38-25/h9-10,12,17H,3-8,13-16,30H2,1-2H3,(H,32,33,36). The van der Waals surface area contributed by atoms with Crippen molar-refractivity contribution in [3.05, 3.63) is 35.0 Å². The number of nitrogens with zero attached hydrogens (tertiary/aromatic N) is 5. The van der Waals surface area contributed by atoms with E-state index in [9.17, 15) is 14.9 Å². The van der Waals surface area contributed by atoms with Gasteiger partial charge < -0.3 is 30.2 Å². The van der Waals surface area contributed by atoms with Gasteiger partial charge in [-0.2, -0.15) is 5.26 Å². The topological polar surface area (TPSA) is 156 Å². The zero-order chi connectivity index (χ0) is 28.1. The first kappa shape index (κ1) is 26.3. The summed E-state index contributed by atoms with van der Waals surface area (Å²) in [6.07, 6.45) is 4.19. The van der Waals surface area contributed by atoms with Gasteiger partial charge in [-0.15, -0.1) is 0 Å². The highest BCUT2D eigenvalue weighted by Gasteiger charge is 2.48. The molecule has 4 heterocycles. The average Bonchev–Trinajstić information content (AvgIpc) is 3.47. The molecule has 1 atom stereocenters. The number of likely N-dealkylation sites (tertiary alicyclic amines) is 1. The van der Waals surface area contributed by atoms with Gasteiger partial charge in [-0.1, -0.05) is 0 Å². The number of piperidine rings is 1. The Morgan fingerprint density at radius 2 is 2.08 bits per heavy atom. The van der Waals surface area contributed by atoms with E-state index < -0.39 is 17.2 Å². The molecule has 210 valence electrons. The van der Waals surface area contributed by atoms with E-state index in [4.69, 9.17) is 19.9 Å². The number of fused-ring (bicyclic) bond motifs is 2. The summed E-state index contributed by atoms with van der Waals surface area (Å²) >= 11 is 0. The number of hydrogen-bond acceptors (Lipinski definition) is 10. The fourth-order valence-electron chi connectivity index (χ4n) is 5.94. The van der Waals surface area contributed by atoms with Gasteiger partial charge in [-0.25, -0.2) is 14.8 Å². The Labute approximate surface area is 232 Å². The Bertz CT molecular complexity index is 1390. The predicted molar refractivity (Wildman–Crippen MR) is 144 cm³/mol. The van der Waals surface area contributed by atoms with Crippen LogP contribution in [-0.2, 0) is 22.4 Å². The summed E-state index contributed by atoms with van der Waals surface area (Å²) in [6.45, 7) is 6.99. The summed E-state index contributed by atoms with van der Waals surface area (Å²) in [5.41, 5.74) is 8.00. The quantitative estimate of drug-likeness (QED) is 0.548. The minimum Gasteiger partial charge on any atom is -0.492 e. The van der Waals surface area contributed by atoms with Crippen molar-refractivity contribution in [2.45, 2.75) is 50.7 Å². The second-order valence-electron chi connectivity index (χ2n) is 11.9. The number of amides is 2. The minimum atomic E-state index is -0.583. The molecule has 4 aliphatic rings. The van der Waals surface area contributed by atoms with Gasteiger partial charge in [-0.3, -0.25) is 9.69 Å². The molecule has 40 heavy (non-hydrogen) atoms. The number of anilines is 2. The van der Waals surface area contributed by atoms with Crippen molar-refractivity contribution in [3.8, 4) is 17.7 Å². The number of benzene rings is 1. The average molecular weight is 548 g/mol. The maximum atomic E-state index is 12.8. The van der Waals surface area contributed by atoms with Crippen LogP contribution in [0.2, 0.25) is 0 Å². The number of rotatable bonds is 6.